The standard InChI is InChI=1S/C22H26N2O6.C14H12N2O6.C8H14/c1-3-13-10-14(4-2)20(17(11-13)22(29)30)21(28)24-16-7-5-6-15(12-16)23-18(25)8-9-19(26)27;17-11(4-6-13(19)20)15-9-2-1-3-10(8-9)16-12(18)5-7-14(21)22;1-4-6-7-8(3)5-2/h5-10,12,14,17,20H,3-4,11H2,1-2H3,(H,23,25)(H,24,28)(H,26,27)(H,29,30);1-8H,(H,15,17)(H,16,18)(H,19,20)(H,21,22);6-7H,3-5H2,1-2H3/b9-8-;6-4-,7-5-;7-6+. The van der Waals surface area contributed by atoms with Crippen molar-refractivity contribution >= 4 is 70.3 Å². The number of amides is 4. The summed E-state index contributed by atoms with van der Waals surface area (Å²) in [5, 5.41) is 45.1. The molecule has 0 spiro atoms. The van der Waals surface area contributed by atoms with E-state index in [2.05, 4.69) is 53.8 Å². The molecular formula is C44H52N4O12. The van der Waals surface area contributed by atoms with Crippen LogP contribution in [-0.2, 0) is 38.4 Å². The fourth-order valence-corrected chi connectivity index (χ4v) is 5.40. The minimum atomic E-state index is -1.25. The Morgan fingerprint density at radius 3 is 1.38 bits per heavy atom. The third-order valence-electron chi connectivity index (χ3n) is 8.34. The van der Waals surface area contributed by atoms with Gasteiger partial charge in [0.2, 0.25) is 23.6 Å². The molecule has 2 aromatic rings. The fraction of sp³-hybridized carbons (Fsp3) is 0.273. The van der Waals surface area contributed by atoms with Gasteiger partial charge in [0.25, 0.3) is 0 Å². The van der Waals surface area contributed by atoms with Crippen LogP contribution in [0, 0.1) is 17.8 Å². The van der Waals surface area contributed by atoms with Crippen LogP contribution in [0.15, 0.2) is 121 Å². The second kappa shape index (κ2) is 27.3. The van der Waals surface area contributed by atoms with Gasteiger partial charge in [0.05, 0.1) is 11.8 Å². The highest BCUT2D eigenvalue weighted by Gasteiger charge is 2.41. The Labute approximate surface area is 348 Å². The number of carboxylic acids is 4. The highest BCUT2D eigenvalue weighted by atomic mass is 16.4. The lowest BCUT2D eigenvalue weighted by Gasteiger charge is -2.33. The number of aliphatic carboxylic acids is 4. The summed E-state index contributed by atoms with van der Waals surface area (Å²) >= 11 is 0. The molecule has 0 aliphatic heterocycles. The number of benzene rings is 2. The molecule has 3 unspecified atom stereocenters. The van der Waals surface area contributed by atoms with Gasteiger partial charge >= 0.3 is 23.9 Å². The van der Waals surface area contributed by atoms with E-state index < -0.39 is 53.4 Å². The van der Waals surface area contributed by atoms with Gasteiger partial charge in [0.15, 0.2) is 0 Å². The predicted molar refractivity (Wildman–Crippen MR) is 228 cm³/mol. The third-order valence-corrected chi connectivity index (χ3v) is 8.34. The molecule has 3 atom stereocenters. The molecule has 60 heavy (non-hydrogen) atoms. The van der Waals surface area contributed by atoms with Crippen molar-refractivity contribution in [2.75, 3.05) is 21.3 Å². The van der Waals surface area contributed by atoms with Gasteiger partial charge in [0.1, 0.15) is 0 Å². The Morgan fingerprint density at radius 2 is 1.05 bits per heavy atom. The van der Waals surface area contributed by atoms with E-state index in [9.17, 15) is 43.5 Å². The Morgan fingerprint density at radius 1 is 0.633 bits per heavy atom. The molecule has 0 aromatic heterocycles. The van der Waals surface area contributed by atoms with Crippen LogP contribution in [0.25, 0.3) is 0 Å². The van der Waals surface area contributed by atoms with E-state index in [-0.39, 0.29) is 11.8 Å². The first kappa shape index (κ1) is 50.7. The van der Waals surface area contributed by atoms with Crippen LogP contribution in [-0.4, -0.2) is 67.9 Å². The van der Waals surface area contributed by atoms with Crippen LogP contribution in [0.5, 0.6) is 0 Å². The van der Waals surface area contributed by atoms with Crippen molar-refractivity contribution in [3.8, 4) is 0 Å². The summed E-state index contributed by atoms with van der Waals surface area (Å²) in [6, 6.07) is 12.4. The molecule has 8 N–H and O–H groups in total. The smallest absolute Gasteiger partial charge is 0.328 e. The molecule has 0 heterocycles. The van der Waals surface area contributed by atoms with Crippen LogP contribution < -0.4 is 21.3 Å². The summed E-state index contributed by atoms with van der Waals surface area (Å²) in [5.41, 5.74) is 3.71. The molecule has 4 amide bonds. The molecule has 16 heteroatoms. The first-order valence-corrected chi connectivity index (χ1v) is 18.9. The summed E-state index contributed by atoms with van der Waals surface area (Å²) in [7, 11) is 0. The van der Waals surface area contributed by atoms with E-state index in [4.69, 9.17) is 15.3 Å². The lowest BCUT2D eigenvalue weighted by molar-refractivity contribution is -0.147. The number of carboxylic acid groups (broad SMARTS) is 4. The molecule has 0 fully saturated rings. The lowest BCUT2D eigenvalue weighted by atomic mass is 9.71. The summed E-state index contributed by atoms with van der Waals surface area (Å²) < 4.78 is 0. The van der Waals surface area contributed by atoms with Crippen LogP contribution in [0.4, 0.5) is 22.7 Å². The zero-order valence-electron chi connectivity index (χ0n) is 33.8. The first-order chi connectivity index (χ1) is 28.4. The fourth-order valence-electron chi connectivity index (χ4n) is 5.40. The summed E-state index contributed by atoms with van der Waals surface area (Å²) in [6.07, 6.45) is 14.9. The van der Waals surface area contributed by atoms with E-state index in [1.54, 1.807) is 24.3 Å². The average molecular weight is 829 g/mol. The zero-order valence-corrected chi connectivity index (χ0v) is 33.8. The number of nitrogens with one attached hydrogen (secondary N) is 4. The lowest BCUT2D eigenvalue weighted by Crippen LogP contribution is -2.40. The van der Waals surface area contributed by atoms with Crippen molar-refractivity contribution in [2.45, 2.75) is 59.8 Å². The SMILES string of the molecule is C=C(/C=C/CC)CC.CCC1=CC(CC)C(C(=O)Nc2cccc(NC(=O)/C=C\C(=O)O)c2)C(C(=O)O)C1.O=C(O)/C=C\C(=O)Nc1cccc(NC(=O)/C=C\C(=O)O)c1. The van der Waals surface area contributed by atoms with Crippen LogP contribution in [0.2, 0.25) is 0 Å². The minimum absolute atomic E-state index is 0.168. The molecule has 0 bridgehead atoms. The van der Waals surface area contributed by atoms with Crippen molar-refractivity contribution in [3.05, 3.63) is 121 Å². The largest absolute Gasteiger partial charge is 0.481 e. The molecule has 1 aliphatic rings. The number of hydrogen-bond acceptors (Lipinski definition) is 8. The Balaban J connectivity index is 0.000000524. The van der Waals surface area contributed by atoms with Crippen LogP contribution in [0.3, 0.4) is 0 Å². The molecule has 16 nitrogen and oxygen atoms in total. The van der Waals surface area contributed by atoms with Crippen molar-refractivity contribution in [1.82, 2.24) is 0 Å². The second-order valence-electron chi connectivity index (χ2n) is 12.9. The van der Waals surface area contributed by atoms with Crippen molar-refractivity contribution in [1.29, 1.82) is 0 Å². The average Bonchev–Trinajstić information content (AvgIpc) is 3.20. The highest BCUT2D eigenvalue weighted by Crippen LogP contribution is 2.38. The van der Waals surface area contributed by atoms with Gasteiger partial charge < -0.3 is 41.7 Å². The highest BCUT2D eigenvalue weighted by molar-refractivity contribution is 6.05. The normalized spacial score (nSPS) is 15.7. The maximum absolute atomic E-state index is 13.0. The Kier molecular flexibility index (Phi) is 23.1. The molecule has 1 aliphatic carbocycles. The minimum Gasteiger partial charge on any atom is -0.481 e. The molecule has 0 saturated carbocycles. The zero-order chi connectivity index (χ0) is 45.2. The van der Waals surface area contributed by atoms with Crippen LogP contribution >= 0.6 is 0 Å². The maximum atomic E-state index is 13.0. The third kappa shape index (κ3) is 20.7. The molecule has 3 rings (SSSR count). The Bertz CT molecular complexity index is 1980. The molecule has 320 valence electrons. The number of carbonyl (C=O) groups is 8. The summed E-state index contributed by atoms with van der Waals surface area (Å²) in [5.74, 6) is -8.66. The monoisotopic (exact) mass is 828 g/mol. The van der Waals surface area contributed by atoms with Gasteiger partial charge in [-0.1, -0.05) is 75.8 Å². The van der Waals surface area contributed by atoms with E-state index in [1.807, 2.05) is 19.9 Å². The van der Waals surface area contributed by atoms with Gasteiger partial charge in [-0.05, 0) is 74.4 Å². The summed E-state index contributed by atoms with van der Waals surface area (Å²) in [6.45, 7) is 12.0. The molecule has 0 radical (unpaired) electrons. The van der Waals surface area contributed by atoms with Crippen LogP contribution in [0.1, 0.15) is 59.8 Å². The second-order valence-corrected chi connectivity index (χ2v) is 12.9. The van der Waals surface area contributed by atoms with E-state index in [1.165, 1.54) is 29.8 Å². The predicted octanol–water partition coefficient (Wildman–Crippen LogP) is 7.05. The van der Waals surface area contributed by atoms with Crippen molar-refractivity contribution in [2.24, 2.45) is 17.8 Å². The number of hydrogen-bond donors (Lipinski definition) is 8. The number of anilines is 4. The molecule has 2 aromatic carbocycles. The first-order valence-electron chi connectivity index (χ1n) is 18.9. The Hall–Kier alpha value is -7.36. The van der Waals surface area contributed by atoms with Crippen molar-refractivity contribution in [3.63, 3.8) is 0 Å². The van der Waals surface area contributed by atoms with Crippen molar-refractivity contribution < 1.29 is 58.8 Å². The van der Waals surface area contributed by atoms with Gasteiger partial charge in [-0.15, -0.1) is 0 Å². The summed E-state index contributed by atoms with van der Waals surface area (Å²) in [4.78, 5) is 90.4. The quantitative estimate of drug-likeness (QED) is 0.0453. The van der Waals surface area contributed by atoms with Gasteiger partial charge in [-0.25, -0.2) is 14.4 Å². The van der Waals surface area contributed by atoms with E-state index in [0.717, 1.165) is 49.1 Å². The topological polar surface area (TPSA) is 266 Å². The van der Waals surface area contributed by atoms with E-state index >= 15 is 0 Å². The molecule has 0 saturated heterocycles. The maximum Gasteiger partial charge on any atom is 0.328 e. The molecular weight excluding hydrogens is 776 g/mol. The number of carbonyl (C=O) groups excluding carboxylic acids is 4. The van der Waals surface area contributed by atoms with E-state index in [0.29, 0.717) is 47.7 Å². The van der Waals surface area contributed by atoms with Gasteiger partial charge in [0, 0.05) is 59.2 Å². The number of rotatable bonds is 17. The van der Waals surface area contributed by atoms with Gasteiger partial charge in [-0.2, -0.15) is 0 Å². The number of allylic oxidation sites excluding steroid dienone is 5. The van der Waals surface area contributed by atoms with Gasteiger partial charge in [-0.3, -0.25) is 24.0 Å².